The number of aryl methyl sites for hydroxylation is 2. The summed E-state index contributed by atoms with van der Waals surface area (Å²) in [6, 6.07) is 52.5. The molecule has 0 fully saturated rings. The average Bonchev–Trinajstić information content (AvgIpc) is 3.18. The Kier molecular flexibility index (Phi) is 8.29. The summed E-state index contributed by atoms with van der Waals surface area (Å²) < 4.78 is 0. The first-order valence-electron chi connectivity index (χ1n) is 16.7. The van der Waals surface area contributed by atoms with Gasteiger partial charge in [-0.15, -0.1) is 0 Å². The molecule has 50 heavy (non-hydrogen) atoms. The van der Waals surface area contributed by atoms with E-state index in [9.17, 15) is 0 Å². The van der Waals surface area contributed by atoms with E-state index in [1.54, 1.807) is 12.4 Å². The van der Waals surface area contributed by atoms with Gasteiger partial charge in [0.15, 0.2) is 11.6 Å². The number of hydrogen-bond donors (Lipinski definition) is 0. The second-order valence-electron chi connectivity index (χ2n) is 12.4. The Bertz CT molecular complexity index is 2330. The molecule has 0 aliphatic heterocycles. The standard InChI is InChI=1S/C45H33N5/c1-30-24-38(25-31(2)48-30)32-14-16-33(17-15-32)39-26-40(34-18-20-37(21-19-34)44-46-22-9-23-47-44)28-41(27-39)45-49-42(35-10-5-3-6-11-35)29-43(50-45)36-12-7-4-8-13-36/h3-29H,1-2H3. The minimum Gasteiger partial charge on any atom is -0.258 e. The van der Waals surface area contributed by atoms with Crippen LogP contribution in [0.1, 0.15) is 11.4 Å². The lowest BCUT2D eigenvalue weighted by Crippen LogP contribution is -1.97. The van der Waals surface area contributed by atoms with Gasteiger partial charge in [-0.25, -0.2) is 19.9 Å². The van der Waals surface area contributed by atoms with Gasteiger partial charge in [0.05, 0.1) is 11.4 Å². The maximum atomic E-state index is 5.16. The Morgan fingerprint density at radius 1 is 0.300 bits per heavy atom. The SMILES string of the molecule is Cc1cc(-c2ccc(-c3cc(-c4ccc(-c5ncccn5)cc4)cc(-c4nc(-c5ccccc5)cc(-c5ccccc5)n4)c3)cc2)cc(C)n1. The Morgan fingerprint density at radius 3 is 1.20 bits per heavy atom. The zero-order valence-corrected chi connectivity index (χ0v) is 27.8. The van der Waals surface area contributed by atoms with Crippen molar-refractivity contribution in [3.05, 3.63) is 175 Å². The van der Waals surface area contributed by atoms with Crippen LogP contribution in [-0.4, -0.2) is 24.9 Å². The van der Waals surface area contributed by atoms with Crippen LogP contribution in [0.4, 0.5) is 0 Å². The summed E-state index contributed by atoms with van der Waals surface area (Å²) in [6.07, 6.45) is 3.53. The fourth-order valence-corrected chi connectivity index (χ4v) is 6.30. The third-order valence-electron chi connectivity index (χ3n) is 8.73. The third-order valence-corrected chi connectivity index (χ3v) is 8.73. The van der Waals surface area contributed by atoms with Crippen molar-refractivity contribution in [2.24, 2.45) is 0 Å². The number of benzene rings is 5. The highest BCUT2D eigenvalue weighted by Crippen LogP contribution is 2.35. The fraction of sp³-hybridized carbons (Fsp3) is 0.0444. The fourth-order valence-electron chi connectivity index (χ4n) is 6.30. The van der Waals surface area contributed by atoms with Crippen molar-refractivity contribution < 1.29 is 0 Å². The number of nitrogens with zero attached hydrogens (tertiary/aromatic N) is 5. The van der Waals surface area contributed by atoms with Crippen LogP contribution < -0.4 is 0 Å². The summed E-state index contributed by atoms with van der Waals surface area (Å²) in [5.74, 6) is 1.37. The van der Waals surface area contributed by atoms with Gasteiger partial charge >= 0.3 is 0 Å². The molecule has 0 saturated carbocycles. The third kappa shape index (κ3) is 6.58. The Labute approximate surface area is 292 Å². The van der Waals surface area contributed by atoms with Gasteiger partial charge in [-0.05, 0) is 89.7 Å². The summed E-state index contributed by atoms with van der Waals surface area (Å²) in [6.45, 7) is 4.07. The van der Waals surface area contributed by atoms with Crippen molar-refractivity contribution in [2.45, 2.75) is 13.8 Å². The summed E-state index contributed by atoms with van der Waals surface area (Å²) >= 11 is 0. The average molecular weight is 644 g/mol. The summed E-state index contributed by atoms with van der Waals surface area (Å²) in [7, 11) is 0. The quantitative estimate of drug-likeness (QED) is 0.173. The van der Waals surface area contributed by atoms with Gasteiger partial charge in [0.2, 0.25) is 0 Å². The van der Waals surface area contributed by atoms with E-state index < -0.39 is 0 Å². The molecule has 0 saturated heterocycles. The predicted octanol–water partition coefficient (Wildman–Crippen LogP) is 10.9. The molecule has 238 valence electrons. The summed E-state index contributed by atoms with van der Waals surface area (Å²) in [5.41, 5.74) is 14.4. The van der Waals surface area contributed by atoms with E-state index in [0.717, 1.165) is 78.4 Å². The highest BCUT2D eigenvalue weighted by atomic mass is 14.9. The lowest BCUT2D eigenvalue weighted by Gasteiger charge is -2.14. The van der Waals surface area contributed by atoms with Crippen molar-refractivity contribution in [1.29, 1.82) is 0 Å². The minimum atomic E-state index is 0.668. The molecular weight excluding hydrogens is 611 g/mol. The second-order valence-corrected chi connectivity index (χ2v) is 12.4. The van der Waals surface area contributed by atoms with Gasteiger partial charge in [0.1, 0.15) is 0 Å². The van der Waals surface area contributed by atoms with Gasteiger partial charge < -0.3 is 0 Å². The zero-order valence-electron chi connectivity index (χ0n) is 27.8. The van der Waals surface area contributed by atoms with Crippen LogP contribution in [0.25, 0.3) is 78.7 Å². The van der Waals surface area contributed by atoms with Crippen molar-refractivity contribution in [2.75, 3.05) is 0 Å². The normalized spacial score (nSPS) is 11.0. The molecule has 0 bridgehead atoms. The van der Waals surface area contributed by atoms with Crippen molar-refractivity contribution in [3.8, 4) is 78.7 Å². The van der Waals surface area contributed by atoms with Crippen molar-refractivity contribution in [3.63, 3.8) is 0 Å². The molecule has 0 amide bonds. The molecule has 0 spiro atoms. The van der Waals surface area contributed by atoms with E-state index in [0.29, 0.717) is 11.6 Å². The molecule has 3 heterocycles. The molecule has 8 aromatic rings. The molecule has 0 radical (unpaired) electrons. The number of aromatic nitrogens is 5. The maximum absolute atomic E-state index is 5.16. The minimum absolute atomic E-state index is 0.668. The van der Waals surface area contributed by atoms with Gasteiger partial charge in [-0.3, -0.25) is 4.98 Å². The summed E-state index contributed by atoms with van der Waals surface area (Å²) in [4.78, 5) is 23.7. The molecule has 5 aromatic carbocycles. The van der Waals surface area contributed by atoms with E-state index >= 15 is 0 Å². The van der Waals surface area contributed by atoms with E-state index in [-0.39, 0.29) is 0 Å². The predicted molar refractivity (Wildman–Crippen MR) is 203 cm³/mol. The number of pyridine rings is 1. The highest BCUT2D eigenvalue weighted by molar-refractivity contribution is 5.82. The lowest BCUT2D eigenvalue weighted by atomic mass is 9.94. The smallest absolute Gasteiger partial charge is 0.160 e. The molecular formula is C45H33N5. The van der Waals surface area contributed by atoms with Gasteiger partial charge in [0, 0.05) is 46.0 Å². The number of rotatable bonds is 7. The first-order chi connectivity index (χ1) is 24.6. The maximum Gasteiger partial charge on any atom is 0.160 e. The Morgan fingerprint density at radius 2 is 0.720 bits per heavy atom. The van der Waals surface area contributed by atoms with E-state index in [2.05, 4.69) is 124 Å². The second kappa shape index (κ2) is 13.5. The first kappa shape index (κ1) is 30.7. The molecule has 0 atom stereocenters. The van der Waals surface area contributed by atoms with Crippen LogP contribution in [-0.2, 0) is 0 Å². The number of hydrogen-bond acceptors (Lipinski definition) is 5. The van der Waals surface area contributed by atoms with Crippen molar-refractivity contribution >= 4 is 0 Å². The summed E-state index contributed by atoms with van der Waals surface area (Å²) in [5, 5.41) is 0. The molecule has 0 unspecified atom stereocenters. The van der Waals surface area contributed by atoms with Crippen LogP contribution >= 0.6 is 0 Å². The Hall–Kier alpha value is -6.59. The topological polar surface area (TPSA) is 64.5 Å². The Balaban J connectivity index is 1.27. The highest BCUT2D eigenvalue weighted by Gasteiger charge is 2.14. The van der Waals surface area contributed by atoms with Crippen molar-refractivity contribution in [1.82, 2.24) is 24.9 Å². The largest absolute Gasteiger partial charge is 0.258 e. The van der Waals surface area contributed by atoms with Gasteiger partial charge in [-0.2, -0.15) is 0 Å². The van der Waals surface area contributed by atoms with Crippen LogP contribution in [0.2, 0.25) is 0 Å². The first-order valence-corrected chi connectivity index (χ1v) is 16.7. The molecule has 5 nitrogen and oxygen atoms in total. The monoisotopic (exact) mass is 643 g/mol. The van der Waals surface area contributed by atoms with Gasteiger partial charge in [-0.1, -0.05) is 109 Å². The van der Waals surface area contributed by atoms with Crippen LogP contribution in [0.15, 0.2) is 164 Å². The van der Waals surface area contributed by atoms with E-state index in [1.165, 1.54) is 0 Å². The molecule has 5 heteroatoms. The molecule has 0 aliphatic rings. The zero-order chi connectivity index (χ0) is 33.9. The van der Waals surface area contributed by atoms with Gasteiger partial charge in [0.25, 0.3) is 0 Å². The van der Waals surface area contributed by atoms with E-state index in [1.807, 2.05) is 56.3 Å². The van der Waals surface area contributed by atoms with Crippen LogP contribution in [0.5, 0.6) is 0 Å². The molecule has 3 aromatic heterocycles. The van der Waals surface area contributed by atoms with E-state index in [4.69, 9.17) is 9.97 Å². The molecule has 8 rings (SSSR count). The lowest BCUT2D eigenvalue weighted by molar-refractivity contribution is 1.12. The molecule has 0 N–H and O–H groups in total. The molecule has 0 aliphatic carbocycles. The van der Waals surface area contributed by atoms with Crippen LogP contribution in [0.3, 0.4) is 0 Å². The van der Waals surface area contributed by atoms with Crippen LogP contribution in [0, 0.1) is 13.8 Å².